The highest BCUT2D eigenvalue weighted by Gasteiger charge is 2.30. The molecule has 1 aromatic carbocycles. The van der Waals surface area contributed by atoms with E-state index in [-0.39, 0.29) is 18.0 Å². The summed E-state index contributed by atoms with van der Waals surface area (Å²) < 4.78 is 0. The van der Waals surface area contributed by atoms with Crippen LogP contribution >= 0.6 is 11.3 Å². The first-order valence-corrected chi connectivity index (χ1v) is 9.35. The number of amides is 1. The van der Waals surface area contributed by atoms with Crippen molar-refractivity contribution in [2.24, 2.45) is 5.10 Å². The van der Waals surface area contributed by atoms with Gasteiger partial charge in [-0.15, -0.1) is 11.3 Å². The molecule has 2 heterocycles. The van der Waals surface area contributed by atoms with E-state index in [1.165, 1.54) is 15.3 Å². The number of nitrogens with zero attached hydrogens (tertiary/aromatic N) is 1. The molecule has 1 aromatic heterocycles. The molecule has 25 heavy (non-hydrogen) atoms. The molecule has 3 rings (SSSR count). The molecule has 0 bridgehead atoms. The van der Waals surface area contributed by atoms with Crippen molar-refractivity contribution in [3.8, 4) is 0 Å². The lowest BCUT2D eigenvalue weighted by molar-refractivity contribution is -0.122. The van der Waals surface area contributed by atoms with Crippen LogP contribution < -0.4 is 16.3 Å². The Kier molecular flexibility index (Phi) is 5.63. The highest BCUT2D eigenvalue weighted by atomic mass is 32.1. The first-order chi connectivity index (χ1) is 12.0. The van der Waals surface area contributed by atoms with Crippen molar-refractivity contribution in [1.29, 1.82) is 0 Å². The molecule has 0 aliphatic carbocycles. The van der Waals surface area contributed by atoms with Gasteiger partial charge in [0.1, 0.15) is 6.04 Å². The Morgan fingerprint density at radius 3 is 2.64 bits per heavy atom. The fraction of sp³-hybridized carbons (Fsp3) is 0.368. The molecule has 2 unspecified atom stereocenters. The van der Waals surface area contributed by atoms with Crippen LogP contribution in [0.3, 0.4) is 0 Å². The largest absolute Gasteiger partial charge is 0.271 e. The molecule has 2 atom stereocenters. The number of benzene rings is 1. The number of hydrogen-bond acceptors (Lipinski definition) is 5. The number of rotatable bonds is 5. The van der Waals surface area contributed by atoms with Gasteiger partial charge >= 0.3 is 0 Å². The Balaban J connectivity index is 1.51. The summed E-state index contributed by atoms with van der Waals surface area (Å²) in [4.78, 5) is 14.8. The summed E-state index contributed by atoms with van der Waals surface area (Å²) in [6.07, 6.45) is 2.38. The Morgan fingerprint density at radius 2 is 2.00 bits per heavy atom. The van der Waals surface area contributed by atoms with E-state index in [0.29, 0.717) is 12.3 Å². The summed E-state index contributed by atoms with van der Waals surface area (Å²) in [5.74, 6) is 0.380. The second-order valence-corrected chi connectivity index (χ2v) is 7.95. The van der Waals surface area contributed by atoms with Gasteiger partial charge in [0.05, 0.1) is 12.3 Å². The molecule has 5 nitrogen and oxygen atoms in total. The molecule has 0 saturated carbocycles. The maximum Gasteiger partial charge on any atom is 0.258 e. The van der Waals surface area contributed by atoms with Gasteiger partial charge in [-0.3, -0.25) is 4.79 Å². The summed E-state index contributed by atoms with van der Waals surface area (Å²) in [6.45, 7) is 6.41. The Hall–Kier alpha value is -2.02. The van der Waals surface area contributed by atoms with Crippen LogP contribution in [0.2, 0.25) is 0 Å². The third-order valence-corrected chi connectivity index (χ3v) is 5.43. The van der Waals surface area contributed by atoms with E-state index in [4.69, 9.17) is 0 Å². The third-order valence-electron chi connectivity index (χ3n) is 4.32. The maximum absolute atomic E-state index is 12.2. The SMILES string of the molecule is Cc1ccc(C2CC(C(=O)N/N=C/c3ccc(C(C)C)cc3)NN2)s1. The predicted octanol–water partition coefficient (Wildman–Crippen LogP) is 3.24. The van der Waals surface area contributed by atoms with Crippen molar-refractivity contribution in [2.75, 3.05) is 0 Å². The number of hydrogen-bond donors (Lipinski definition) is 3. The molecule has 6 heteroatoms. The number of hydrazone groups is 1. The summed E-state index contributed by atoms with van der Waals surface area (Å²) >= 11 is 1.75. The van der Waals surface area contributed by atoms with Crippen LogP contribution in [-0.4, -0.2) is 18.2 Å². The van der Waals surface area contributed by atoms with Gasteiger partial charge in [0.2, 0.25) is 0 Å². The average Bonchev–Trinajstić information content (AvgIpc) is 3.24. The van der Waals surface area contributed by atoms with E-state index in [2.05, 4.69) is 66.4 Å². The lowest BCUT2D eigenvalue weighted by Crippen LogP contribution is -2.41. The molecule has 132 valence electrons. The molecular formula is C19H24N4OS. The van der Waals surface area contributed by atoms with Crippen molar-refractivity contribution in [2.45, 2.75) is 45.2 Å². The molecule has 0 spiro atoms. The first kappa shape index (κ1) is 17.8. The number of nitrogens with one attached hydrogen (secondary N) is 3. The van der Waals surface area contributed by atoms with E-state index < -0.39 is 0 Å². The predicted molar refractivity (Wildman–Crippen MR) is 103 cm³/mol. The van der Waals surface area contributed by atoms with Crippen LogP contribution in [0, 0.1) is 6.92 Å². The first-order valence-electron chi connectivity index (χ1n) is 8.53. The average molecular weight is 356 g/mol. The van der Waals surface area contributed by atoms with Gasteiger partial charge < -0.3 is 0 Å². The Bertz CT molecular complexity index is 751. The highest BCUT2D eigenvalue weighted by molar-refractivity contribution is 7.12. The number of thiophene rings is 1. The zero-order chi connectivity index (χ0) is 17.8. The molecule has 1 aliphatic rings. The van der Waals surface area contributed by atoms with Gasteiger partial charge in [-0.1, -0.05) is 38.1 Å². The second kappa shape index (κ2) is 7.91. The molecular weight excluding hydrogens is 332 g/mol. The van der Waals surface area contributed by atoms with Crippen molar-refractivity contribution >= 4 is 23.5 Å². The Morgan fingerprint density at radius 1 is 1.24 bits per heavy atom. The molecule has 1 saturated heterocycles. The van der Waals surface area contributed by atoms with E-state index in [9.17, 15) is 4.79 Å². The van der Waals surface area contributed by atoms with Gasteiger partial charge in [-0.2, -0.15) is 5.10 Å². The van der Waals surface area contributed by atoms with Crippen LogP contribution in [0.4, 0.5) is 0 Å². The Labute approximate surface area is 152 Å². The van der Waals surface area contributed by atoms with Crippen molar-refractivity contribution < 1.29 is 4.79 Å². The van der Waals surface area contributed by atoms with E-state index >= 15 is 0 Å². The van der Waals surface area contributed by atoms with E-state index in [1.807, 2.05) is 12.1 Å². The van der Waals surface area contributed by atoms with Gasteiger partial charge in [0.15, 0.2) is 0 Å². The van der Waals surface area contributed by atoms with Crippen molar-refractivity contribution in [1.82, 2.24) is 16.3 Å². The molecule has 2 aromatic rings. The zero-order valence-electron chi connectivity index (χ0n) is 14.7. The van der Waals surface area contributed by atoms with Crippen molar-refractivity contribution in [3.63, 3.8) is 0 Å². The number of carbonyl (C=O) groups excluding carboxylic acids is 1. The molecule has 0 radical (unpaired) electrons. The fourth-order valence-electron chi connectivity index (χ4n) is 2.77. The second-order valence-electron chi connectivity index (χ2n) is 6.63. The summed E-state index contributed by atoms with van der Waals surface area (Å²) in [5, 5.41) is 4.07. The normalized spacial score (nSPS) is 20.5. The standard InChI is InChI=1S/C19H24N4OS/c1-12(2)15-7-5-14(6-8-15)11-20-23-19(24)17-10-16(21-22-17)18-9-4-13(3)25-18/h4-9,11-12,16-17,21-22H,10H2,1-3H3,(H,23,24)/b20-11+. The molecule has 1 fully saturated rings. The van der Waals surface area contributed by atoms with E-state index in [1.54, 1.807) is 17.6 Å². The van der Waals surface area contributed by atoms with Crippen LogP contribution in [0.25, 0.3) is 0 Å². The summed E-state index contributed by atoms with van der Waals surface area (Å²) in [7, 11) is 0. The smallest absolute Gasteiger partial charge is 0.258 e. The lowest BCUT2D eigenvalue weighted by Gasteiger charge is -2.07. The fourth-order valence-corrected chi connectivity index (χ4v) is 3.71. The minimum atomic E-state index is -0.284. The summed E-state index contributed by atoms with van der Waals surface area (Å²) in [6, 6.07) is 12.3. The quantitative estimate of drug-likeness (QED) is 0.569. The third kappa shape index (κ3) is 4.54. The lowest BCUT2D eigenvalue weighted by atomic mass is 10.0. The van der Waals surface area contributed by atoms with E-state index in [0.717, 1.165) is 5.56 Å². The van der Waals surface area contributed by atoms with Gasteiger partial charge in [0, 0.05) is 9.75 Å². The summed E-state index contributed by atoms with van der Waals surface area (Å²) in [5.41, 5.74) is 11.1. The monoisotopic (exact) mass is 356 g/mol. The van der Waals surface area contributed by atoms with Crippen molar-refractivity contribution in [3.05, 3.63) is 57.3 Å². The van der Waals surface area contributed by atoms with Crippen LogP contribution in [0.1, 0.15) is 53.1 Å². The minimum Gasteiger partial charge on any atom is -0.271 e. The highest BCUT2D eigenvalue weighted by Crippen LogP contribution is 2.28. The molecule has 1 amide bonds. The molecule has 1 aliphatic heterocycles. The molecule has 3 N–H and O–H groups in total. The van der Waals surface area contributed by atoms with Gasteiger partial charge in [-0.25, -0.2) is 16.3 Å². The number of hydrazine groups is 1. The maximum atomic E-state index is 12.2. The van der Waals surface area contributed by atoms with Crippen LogP contribution in [0.15, 0.2) is 41.5 Å². The van der Waals surface area contributed by atoms with Crippen LogP contribution in [0.5, 0.6) is 0 Å². The van der Waals surface area contributed by atoms with Gasteiger partial charge in [0.25, 0.3) is 5.91 Å². The number of carbonyl (C=O) groups is 1. The van der Waals surface area contributed by atoms with Gasteiger partial charge in [-0.05, 0) is 42.5 Å². The number of aryl methyl sites for hydroxylation is 1. The minimum absolute atomic E-state index is 0.127. The topological polar surface area (TPSA) is 65.5 Å². The van der Waals surface area contributed by atoms with Crippen LogP contribution in [-0.2, 0) is 4.79 Å². The zero-order valence-corrected chi connectivity index (χ0v) is 15.6.